The van der Waals surface area contributed by atoms with Gasteiger partial charge in [-0.15, -0.1) is 0 Å². The minimum Gasteiger partial charge on any atom is -0.383 e. The van der Waals surface area contributed by atoms with Crippen LogP contribution >= 0.6 is 0 Å². The SMILES string of the molecule is O=c1cc([C@H]2CCN[C@H](Cc3ccc(F)cc3)C2)o[nH]1. The molecule has 1 saturated heterocycles. The van der Waals surface area contributed by atoms with E-state index in [1.807, 2.05) is 12.1 Å². The molecule has 0 amide bonds. The summed E-state index contributed by atoms with van der Waals surface area (Å²) in [5, 5.41) is 5.81. The molecule has 0 unspecified atom stereocenters. The molecule has 20 heavy (non-hydrogen) atoms. The largest absolute Gasteiger partial charge is 0.383 e. The first-order valence-electron chi connectivity index (χ1n) is 6.87. The Hall–Kier alpha value is -1.88. The molecule has 1 fully saturated rings. The van der Waals surface area contributed by atoms with Crippen molar-refractivity contribution in [1.82, 2.24) is 10.5 Å². The third kappa shape index (κ3) is 2.99. The maximum atomic E-state index is 12.9. The van der Waals surface area contributed by atoms with Gasteiger partial charge in [0.1, 0.15) is 11.6 Å². The van der Waals surface area contributed by atoms with E-state index in [1.54, 1.807) is 0 Å². The van der Waals surface area contributed by atoms with Crippen molar-refractivity contribution < 1.29 is 8.91 Å². The van der Waals surface area contributed by atoms with Crippen LogP contribution in [0.4, 0.5) is 4.39 Å². The van der Waals surface area contributed by atoms with Crippen LogP contribution in [0.25, 0.3) is 0 Å². The maximum Gasteiger partial charge on any atom is 0.280 e. The van der Waals surface area contributed by atoms with Gasteiger partial charge in [0, 0.05) is 18.0 Å². The standard InChI is InChI=1S/C15H17FN2O2/c16-12-3-1-10(2-4-12)7-13-8-11(5-6-17-13)14-9-15(19)18-20-14/h1-4,9,11,13,17H,5-8H2,(H,18,19)/t11-,13+/m0/s1. The summed E-state index contributed by atoms with van der Waals surface area (Å²) in [6.07, 6.45) is 2.73. The fourth-order valence-electron chi connectivity index (χ4n) is 2.82. The highest BCUT2D eigenvalue weighted by Crippen LogP contribution is 2.27. The monoisotopic (exact) mass is 276 g/mol. The number of rotatable bonds is 3. The zero-order chi connectivity index (χ0) is 13.9. The number of benzene rings is 1. The summed E-state index contributed by atoms with van der Waals surface area (Å²) in [6.45, 7) is 0.894. The topological polar surface area (TPSA) is 58.0 Å². The van der Waals surface area contributed by atoms with Gasteiger partial charge < -0.3 is 9.84 Å². The zero-order valence-electron chi connectivity index (χ0n) is 11.1. The summed E-state index contributed by atoms with van der Waals surface area (Å²) in [7, 11) is 0. The maximum absolute atomic E-state index is 12.9. The van der Waals surface area contributed by atoms with Crippen molar-refractivity contribution in [2.24, 2.45) is 0 Å². The Bertz CT molecular complexity index is 617. The molecule has 1 aliphatic rings. The van der Waals surface area contributed by atoms with Crippen LogP contribution in [0.1, 0.15) is 30.1 Å². The summed E-state index contributed by atoms with van der Waals surface area (Å²) in [5.41, 5.74) is 0.925. The normalized spacial score (nSPS) is 22.9. The van der Waals surface area contributed by atoms with E-state index >= 15 is 0 Å². The quantitative estimate of drug-likeness (QED) is 0.903. The third-order valence-corrected chi connectivity index (χ3v) is 3.84. The predicted molar refractivity (Wildman–Crippen MR) is 73.2 cm³/mol. The number of nitrogens with one attached hydrogen (secondary N) is 2. The molecule has 1 aromatic heterocycles. The molecule has 0 bridgehead atoms. The van der Waals surface area contributed by atoms with Gasteiger partial charge in [-0.25, -0.2) is 4.39 Å². The van der Waals surface area contributed by atoms with Crippen molar-refractivity contribution in [3.8, 4) is 0 Å². The number of H-pyrrole nitrogens is 1. The second kappa shape index (κ2) is 5.63. The van der Waals surface area contributed by atoms with E-state index in [0.29, 0.717) is 6.04 Å². The molecule has 1 aromatic carbocycles. The average Bonchev–Trinajstić information content (AvgIpc) is 2.89. The molecule has 2 aromatic rings. The van der Waals surface area contributed by atoms with Crippen LogP contribution in [-0.2, 0) is 6.42 Å². The molecule has 1 aliphatic heterocycles. The Balaban J connectivity index is 1.66. The zero-order valence-corrected chi connectivity index (χ0v) is 11.1. The first-order chi connectivity index (χ1) is 9.70. The van der Waals surface area contributed by atoms with Crippen LogP contribution in [0.3, 0.4) is 0 Å². The molecule has 106 valence electrons. The van der Waals surface area contributed by atoms with Crippen LogP contribution in [0.5, 0.6) is 0 Å². The summed E-state index contributed by atoms with van der Waals surface area (Å²) in [6, 6.07) is 8.46. The van der Waals surface area contributed by atoms with Crippen molar-refractivity contribution in [2.45, 2.75) is 31.2 Å². The molecule has 4 nitrogen and oxygen atoms in total. The smallest absolute Gasteiger partial charge is 0.280 e. The van der Waals surface area contributed by atoms with Crippen LogP contribution < -0.4 is 10.9 Å². The molecule has 0 radical (unpaired) electrons. The van der Waals surface area contributed by atoms with E-state index in [1.165, 1.54) is 18.2 Å². The molecule has 2 N–H and O–H groups in total. The highest BCUT2D eigenvalue weighted by molar-refractivity contribution is 5.18. The Labute approximate surface area is 116 Å². The third-order valence-electron chi connectivity index (χ3n) is 3.84. The van der Waals surface area contributed by atoms with Gasteiger partial charge in [0.2, 0.25) is 0 Å². The van der Waals surface area contributed by atoms with Crippen LogP contribution in [0.2, 0.25) is 0 Å². The van der Waals surface area contributed by atoms with Gasteiger partial charge in [-0.1, -0.05) is 12.1 Å². The fourth-order valence-corrected chi connectivity index (χ4v) is 2.82. The second-order valence-electron chi connectivity index (χ2n) is 5.32. The number of hydrogen-bond acceptors (Lipinski definition) is 3. The highest BCUT2D eigenvalue weighted by atomic mass is 19.1. The first kappa shape index (κ1) is 13.1. The lowest BCUT2D eigenvalue weighted by molar-refractivity contribution is 0.292. The van der Waals surface area contributed by atoms with Gasteiger partial charge in [-0.3, -0.25) is 4.79 Å². The van der Waals surface area contributed by atoms with Crippen molar-refractivity contribution in [1.29, 1.82) is 0 Å². The van der Waals surface area contributed by atoms with E-state index in [-0.39, 0.29) is 17.3 Å². The Morgan fingerprint density at radius 3 is 2.80 bits per heavy atom. The molecule has 0 aliphatic carbocycles. The van der Waals surface area contributed by atoms with Gasteiger partial charge in [0.05, 0.1) is 0 Å². The number of aromatic amines is 1. The Morgan fingerprint density at radius 2 is 2.10 bits per heavy atom. The van der Waals surface area contributed by atoms with Gasteiger partial charge in [-0.05, 0) is 43.5 Å². The van der Waals surface area contributed by atoms with Crippen LogP contribution in [0.15, 0.2) is 39.6 Å². The fraction of sp³-hybridized carbons (Fsp3) is 0.400. The lowest BCUT2D eigenvalue weighted by atomic mass is 9.87. The lowest BCUT2D eigenvalue weighted by Crippen LogP contribution is -2.38. The Morgan fingerprint density at radius 1 is 1.30 bits per heavy atom. The number of piperidine rings is 1. The summed E-state index contributed by atoms with van der Waals surface area (Å²) in [4.78, 5) is 11.1. The first-order valence-corrected chi connectivity index (χ1v) is 6.87. The summed E-state index contributed by atoms with van der Waals surface area (Å²) >= 11 is 0. The van der Waals surface area contributed by atoms with Crippen LogP contribution in [-0.4, -0.2) is 17.7 Å². The van der Waals surface area contributed by atoms with E-state index in [2.05, 4.69) is 10.5 Å². The molecule has 0 saturated carbocycles. The molecule has 2 heterocycles. The van der Waals surface area contributed by atoms with Gasteiger partial charge in [0.25, 0.3) is 5.56 Å². The molecular weight excluding hydrogens is 259 g/mol. The van der Waals surface area contributed by atoms with Crippen molar-refractivity contribution >= 4 is 0 Å². The van der Waals surface area contributed by atoms with Crippen molar-refractivity contribution in [2.75, 3.05) is 6.54 Å². The van der Waals surface area contributed by atoms with Gasteiger partial charge >= 0.3 is 0 Å². The predicted octanol–water partition coefficient (Wildman–Crippen LogP) is 2.19. The van der Waals surface area contributed by atoms with Crippen molar-refractivity contribution in [3.05, 3.63) is 57.8 Å². The minimum atomic E-state index is -0.211. The summed E-state index contributed by atoms with van der Waals surface area (Å²) < 4.78 is 18.1. The average molecular weight is 276 g/mol. The molecule has 0 spiro atoms. The summed E-state index contributed by atoms with van der Waals surface area (Å²) in [5.74, 6) is 0.790. The lowest BCUT2D eigenvalue weighted by Gasteiger charge is -2.29. The van der Waals surface area contributed by atoms with E-state index < -0.39 is 0 Å². The second-order valence-corrected chi connectivity index (χ2v) is 5.32. The van der Waals surface area contributed by atoms with Crippen molar-refractivity contribution in [3.63, 3.8) is 0 Å². The van der Waals surface area contributed by atoms with E-state index in [9.17, 15) is 9.18 Å². The molecule has 5 heteroatoms. The van der Waals surface area contributed by atoms with Crippen LogP contribution in [0, 0.1) is 5.82 Å². The highest BCUT2D eigenvalue weighted by Gasteiger charge is 2.25. The number of hydrogen-bond donors (Lipinski definition) is 2. The molecule has 2 atom stereocenters. The number of halogens is 1. The van der Waals surface area contributed by atoms with Gasteiger partial charge in [-0.2, -0.15) is 5.16 Å². The number of aromatic nitrogens is 1. The molecular formula is C15H17FN2O2. The van der Waals surface area contributed by atoms with E-state index in [0.717, 1.165) is 37.1 Å². The minimum absolute atomic E-state index is 0.186. The van der Waals surface area contributed by atoms with Gasteiger partial charge in [0.15, 0.2) is 0 Å². The Kier molecular flexibility index (Phi) is 3.69. The van der Waals surface area contributed by atoms with E-state index in [4.69, 9.17) is 4.52 Å². The molecule has 3 rings (SSSR count).